The number of nitrogens with zero attached hydrogens (tertiary/aromatic N) is 1. The van der Waals surface area contributed by atoms with Crippen LogP contribution in [0.25, 0.3) is 0 Å². The number of nitro groups is 1. The lowest BCUT2D eigenvalue weighted by molar-refractivity contribution is -0.385. The quantitative estimate of drug-likeness (QED) is 0.586. The average Bonchev–Trinajstić information content (AvgIpc) is 2.26. The highest BCUT2D eigenvalue weighted by Gasteiger charge is 2.34. The van der Waals surface area contributed by atoms with Crippen molar-refractivity contribution in [2.45, 2.75) is 32.0 Å². The predicted octanol–water partition coefficient (Wildman–Crippen LogP) is 2.84. The molecule has 2 rings (SSSR count). The van der Waals surface area contributed by atoms with Crippen LogP contribution in [-0.4, -0.2) is 17.6 Å². The Morgan fingerprint density at radius 2 is 2.24 bits per heavy atom. The Labute approximate surface area is 99.5 Å². The third-order valence-corrected chi connectivity index (χ3v) is 2.90. The van der Waals surface area contributed by atoms with Gasteiger partial charge in [-0.3, -0.25) is 10.1 Å². The molecule has 1 atom stereocenters. The summed E-state index contributed by atoms with van der Waals surface area (Å²) in [5, 5.41) is 10.7. The second-order valence-electron chi connectivity index (χ2n) is 4.77. The first-order valence-corrected chi connectivity index (χ1v) is 5.43. The van der Waals surface area contributed by atoms with E-state index >= 15 is 0 Å². The normalized spacial score (nSPS) is 21.5. The van der Waals surface area contributed by atoms with Crippen LogP contribution < -0.4 is 4.74 Å². The maximum atomic E-state index is 10.7. The predicted molar refractivity (Wildman–Crippen MR) is 62.2 cm³/mol. The topological polar surface area (TPSA) is 61.6 Å². The highest BCUT2D eigenvalue weighted by Crippen LogP contribution is 2.42. The van der Waals surface area contributed by atoms with E-state index in [2.05, 4.69) is 0 Å². The van der Waals surface area contributed by atoms with Gasteiger partial charge in [0.25, 0.3) is 5.69 Å². The van der Waals surface area contributed by atoms with Crippen LogP contribution in [0.4, 0.5) is 5.69 Å². The third kappa shape index (κ3) is 2.24. The molecule has 1 aliphatic heterocycles. The second-order valence-corrected chi connectivity index (χ2v) is 4.77. The zero-order valence-corrected chi connectivity index (χ0v) is 10.1. The van der Waals surface area contributed by atoms with Gasteiger partial charge in [-0.1, -0.05) is 0 Å². The molecular formula is C12H15NO4. The summed E-state index contributed by atoms with van der Waals surface area (Å²) >= 11 is 0. The van der Waals surface area contributed by atoms with Gasteiger partial charge in [0.1, 0.15) is 11.4 Å². The summed E-state index contributed by atoms with van der Waals surface area (Å²) in [6.07, 6.45) is 0.520. The van der Waals surface area contributed by atoms with Crippen LogP contribution in [0.15, 0.2) is 18.2 Å². The Morgan fingerprint density at radius 1 is 1.53 bits per heavy atom. The number of fused-ring (bicyclic) bond motifs is 1. The number of methoxy groups -OCH3 is 1. The van der Waals surface area contributed by atoms with Crippen LogP contribution in [0.5, 0.6) is 5.75 Å². The zero-order chi connectivity index (χ0) is 12.6. The minimum Gasteiger partial charge on any atom is -0.487 e. The SMILES string of the molecule is COC1CC(C)(C)Oc2ccc([N+](=O)[O-])cc21. The Balaban J connectivity index is 2.46. The monoisotopic (exact) mass is 237 g/mol. The Bertz CT molecular complexity index is 456. The van der Waals surface area contributed by atoms with Crippen LogP contribution in [0, 0.1) is 10.1 Å². The smallest absolute Gasteiger partial charge is 0.270 e. The highest BCUT2D eigenvalue weighted by molar-refractivity contribution is 5.46. The van der Waals surface area contributed by atoms with Gasteiger partial charge < -0.3 is 9.47 Å². The Morgan fingerprint density at radius 3 is 2.82 bits per heavy atom. The van der Waals surface area contributed by atoms with Crippen LogP contribution in [0.3, 0.4) is 0 Å². The number of rotatable bonds is 2. The number of hydrogen-bond acceptors (Lipinski definition) is 4. The molecule has 17 heavy (non-hydrogen) atoms. The summed E-state index contributed by atoms with van der Waals surface area (Å²) in [6, 6.07) is 4.62. The summed E-state index contributed by atoms with van der Waals surface area (Å²) in [7, 11) is 1.61. The number of hydrogen-bond donors (Lipinski definition) is 0. The first-order chi connectivity index (χ1) is 7.93. The van der Waals surface area contributed by atoms with Crippen molar-refractivity contribution in [2.24, 2.45) is 0 Å². The van der Waals surface area contributed by atoms with Gasteiger partial charge in [-0.2, -0.15) is 0 Å². The van der Waals surface area contributed by atoms with Crippen LogP contribution >= 0.6 is 0 Å². The molecular weight excluding hydrogens is 222 g/mol. The summed E-state index contributed by atoms with van der Waals surface area (Å²) in [5.41, 5.74) is 0.499. The fourth-order valence-electron chi connectivity index (χ4n) is 2.10. The molecule has 0 bridgehead atoms. The van der Waals surface area contributed by atoms with Crippen molar-refractivity contribution >= 4 is 5.69 Å². The molecule has 0 radical (unpaired) electrons. The van der Waals surface area contributed by atoms with Crippen LogP contribution in [0.1, 0.15) is 31.9 Å². The van der Waals surface area contributed by atoms with E-state index in [0.29, 0.717) is 12.2 Å². The Hall–Kier alpha value is -1.62. The molecule has 0 spiro atoms. The molecule has 1 heterocycles. The van der Waals surface area contributed by atoms with Gasteiger partial charge in [0, 0.05) is 31.2 Å². The van der Waals surface area contributed by atoms with E-state index in [-0.39, 0.29) is 17.4 Å². The molecule has 1 aromatic carbocycles. The van der Waals surface area contributed by atoms with Crippen molar-refractivity contribution in [1.82, 2.24) is 0 Å². The molecule has 0 aliphatic carbocycles. The summed E-state index contributed by atoms with van der Waals surface area (Å²) < 4.78 is 11.2. The van der Waals surface area contributed by atoms with Crippen molar-refractivity contribution in [3.63, 3.8) is 0 Å². The summed E-state index contributed by atoms with van der Waals surface area (Å²) in [5.74, 6) is 0.665. The average molecular weight is 237 g/mol. The minimum absolute atomic E-state index is 0.0640. The lowest BCUT2D eigenvalue weighted by atomic mass is 9.91. The van der Waals surface area contributed by atoms with E-state index in [0.717, 1.165) is 5.56 Å². The molecule has 1 unspecified atom stereocenters. The number of nitro benzene ring substituents is 1. The molecule has 0 fully saturated rings. The maximum absolute atomic E-state index is 10.7. The van der Waals surface area contributed by atoms with Crippen molar-refractivity contribution in [2.75, 3.05) is 7.11 Å². The first-order valence-electron chi connectivity index (χ1n) is 5.43. The second kappa shape index (κ2) is 4.00. The van der Waals surface area contributed by atoms with Gasteiger partial charge in [0.2, 0.25) is 0 Å². The molecule has 0 amide bonds. The summed E-state index contributed by atoms with van der Waals surface area (Å²) in [6.45, 7) is 3.95. The molecule has 5 nitrogen and oxygen atoms in total. The standard InChI is InChI=1S/C12H15NO4/c1-12(2)7-11(16-3)9-6-8(13(14)15)4-5-10(9)17-12/h4-6,11H,7H2,1-3H3. The van der Waals surface area contributed by atoms with E-state index < -0.39 is 4.92 Å². The van der Waals surface area contributed by atoms with Crippen LogP contribution in [0.2, 0.25) is 0 Å². The fraction of sp³-hybridized carbons (Fsp3) is 0.500. The number of ether oxygens (including phenoxy) is 2. The lowest BCUT2D eigenvalue weighted by Gasteiger charge is -2.36. The molecule has 92 valence electrons. The van der Waals surface area contributed by atoms with Crippen molar-refractivity contribution in [1.29, 1.82) is 0 Å². The molecule has 5 heteroatoms. The van der Waals surface area contributed by atoms with Crippen molar-refractivity contribution < 1.29 is 14.4 Å². The van der Waals surface area contributed by atoms with Crippen molar-refractivity contribution in [3.8, 4) is 5.75 Å². The molecule has 0 saturated carbocycles. The van der Waals surface area contributed by atoms with Gasteiger partial charge in [0.05, 0.1) is 11.0 Å². The Kier molecular flexibility index (Phi) is 2.79. The van der Waals surface area contributed by atoms with Gasteiger partial charge in [-0.05, 0) is 19.9 Å². The molecule has 0 saturated heterocycles. The van der Waals surface area contributed by atoms with Gasteiger partial charge in [-0.25, -0.2) is 0 Å². The van der Waals surface area contributed by atoms with Crippen LogP contribution in [-0.2, 0) is 4.74 Å². The third-order valence-electron chi connectivity index (χ3n) is 2.90. The van der Waals surface area contributed by atoms with Gasteiger partial charge >= 0.3 is 0 Å². The van der Waals surface area contributed by atoms with E-state index in [9.17, 15) is 10.1 Å². The van der Waals surface area contributed by atoms with Gasteiger partial charge in [-0.15, -0.1) is 0 Å². The molecule has 1 aromatic rings. The van der Waals surface area contributed by atoms with E-state index in [1.807, 2.05) is 13.8 Å². The first kappa shape index (κ1) is 11.9. The maximum Gasteiger partial charge on any atom is 0.270 e. The largest absolute Gasteiger partial charge is 0.487 e. The minimum atomic E-state index is -0.410. The van der Waals surface area contributed by atoms with Crippen molar-refractivity contribution in [3.05, 3.63) is 33.9 Å². The number of benzene rings is 1. The number of non-ortho nitro benzene ring substituents is 1. The molecule has 0 aromatic heterocycles. The zero-order valence-electron chi connectivity index (χ0n) is 10.1. The lowest BCUT2D eigenvalue weighted by Crippen LogP contribution is -2.35. The summed E-state index contributed by atoms with van der Waals surface area (Å²) in [4.78, 5) is 10.3. The van der Waals surface area contributed by atoms with E-state index in [1.165, 1.54) is 12.1 Å². The van der Waals surface area contributed by atoms with E-state index in [1.54, 1.807) is 13.2 Å². The molecule has 1 aliphatic rings. The van der Waals surface area contributed by atoms with E-state index in [4.69, 9.17) is 9.47 Å². The highest BCUT2D eigenvalue weighted by atomic mass is 16.6. The fourth-order valence-corrected chi connectivity index (χ4v) is 2.10. The molecule has 0 N–H and O–H groups in total. The van der Waals surface area contributed by atoms with Gasteiger partial charge in [0.15, 0.2) is 0 Å².